The molecule has 1 atom stereocenters. The molecule has 3 nitrogen and oxygen atoms in total. The third kappa shape index (κ3) is 4.16. The van der Waals surface area contributed by atoms with Crippen molar-refractivity contribution in [2.75, 3.05) is 0 Å². The van der Waals surface area contributed by atoms with Gasteiger partial charge in [-0.15, -0.1) is 0 Å². The molecular formula is C11H15NO2. The Hall–Kier alpha value is -1.19. The fourth-order valence-electron chi connectivity index (χ4n) is 1.18. The molecule has 3 heteroatoms. The van der Waals surface area contributed by atoms with Gasteiger partial charge < -0.3 is 5.11 Å². The number of ketones is 1. The lowest BCUT2D eigenvalue weighted by molar-refractivity contribution is -0.119. The zero-order valence-electron chi connectivity index (χ0n) is 8.23. The van der Waals surface area contributed by atoms with Crippen LogP contribution in [0, 0.1) is 0 Å². The molecule has 0 bridgehead atoms. The van der Waals surface area contributed by atoms with Gasteiger partial charge in [-0.25, -0.2) is 0 Å². The lowest BCUT2D eigenvalue weighted by Gasteiger charge is -2.10. The molecule has 0 radical (unpaired) electrons. The molecule has 0 saturated heterocycles. The minimum atomic E-state index is -0.743. The lowest BCUT2D eigenvalue weighted by Crippen LogP contribution is -2.29. The summed E-state index contributed by atoms with van der Waals surface area (Å²) in [6.07, 6.45) is -0.583. The third-order valence-corrected chi connectivity index (χ3v) is 1.87. The summed E-state index contributed by atoms with van der Waals surface area (Å²) in [5.74, 6) is -0.0157. The molecule has 1 aromatic rings. The van der Waals surface area contributed by atoms with Gasteiger partial charge in [0.1, 0.15) is 12.0 Å². The number of rotatable bonds is 5. The summed E-state index contributed by atoms with van der Waals surface area (Å²) in [5, 5.41) is 12.2. The molecule has 14 heavy (non-hydrogen) atoms. The Balaban J connectivity index is 2.30. The summed E-state index contributed by atoms with van der Waals surface area (Å²) in [4.78, 5) is 10.7. The second-order valence-corrected chi connectivity index (χ2v) is 3.29. The highest BCUT2D eigenvalue weighted by Gasteiger charge is 2.05. The topological polar surface area (TPSA) is 49.3 Å². The zero-order chi connectivity index (χ0) is 10.4. The van der Waals surface area contributed by atoms with E-state index in [4.69, 9.17) is 0 Å². The fraction of sp³-hybridized carbons (Fsp3) is 0.364. The quantitative estimate of drug-likeness (QED) is 0.688. The third-order valence-electron chi connectivity index (χ3n) is 1.87. The molecular weight excluding hydrogens is 178 g/mol. The van der Waals surface area contributed by atoms with Crippen molar-refractivity contribution < 1.29 is 9.90 Å². The second-order valence-electron chi connectivity index (χ2n) is 3.29. The summed E-state index contributed by atoms with van der Waals surface area (Å²) in [6, 6.07) is 9.75. The van der Waals surface area contributed by atoms with Crippen LogP contribution in [0.1, 0.15) is 18.9 Å². The van der Waals surface area contributed by atoms with Crippen LogP contribution in [0.25, 0.3) is 0 Å². The number of aliphatic hydroxyl groups is 1. The number of hydrogen-bond acceptors (Lipinski definition) is 3. The van der Waals surface area contributed by atoms with Gasteiger partial charge in [-0.05, 0) is 12.5 Å². The SMILES string of the molecule is CC(=O)CC(O)NCc1ccccc1. The molecule has 0 aromatic heterocycles. The van der Waals surface area contributed by atoms with Gasteiger partial charge in [-0.1, -0.05) is 30.3 Å². The summed E-state index contributed by atoms with van der Waals surface area (Å²) in [7, 11) is 0. The van der Waals surface area contributed by atoms with Gasteiger partial charge in [0.2, 0.25) is 0 Å². The number of carbonyl (C=O) groups is 1. The van der Waals surface area contributed by atoms with Crippen molar-refractivity contribution >= 4 is 5.78 Å². The first-order chi connectivity index (χ1) is 6.68. The highest BCUT2D eigenvalue weighted by Crippen LogP contribution is 1.98. The van der Waals surface area contributed by atoms with E-state index in [0.29, 0.717) is 6.54 Å². The van der Waals surface area contributed by atoms with E-state index in [1.807, 2.05) is 30.3 Å². The van der Waals surface area contributed by atoms with Gasteiger partial charge in [0, 0.05) is 13.0 Å². The van der Waals surface area contributed by atoms with Gasteiger partial charge in [0.15, 0.2) is 0 Å². The molecule has 0 aliphatic carbocycles. The van der Waals surface area contributed by atoms with Crippen LogP contribution in [0.2, 0.25) is 0 Å². The monoisotopic (exact) mass is 193 g/mol. The van der Waals surface area contributed by atoms with Crippen molar-refractivity contribution in [3.63, 3.8) is 0 Å². The number of nitrogens with one attached hydrogen (secondary N) is 1. The van der Waals surface area contributed by atoms with Crippen molar-refractivity contribution in [3.8, 4) is 0 Å². The molecule has 0 fully saturated rings. The molecule has 1 rings (SSSR count). The first-order valence-electron chi connectivity index (χ1n) is 4.63. The molecule has 76 valence electrons. The van der Waals surface area contributed by atoms with Crippen LogP contribution in [0.15, 0.2) is 30.3 Å². The molecule has 0 saturated carbocycles. The summed E-state index contributed by atoms with van der Waals surface area (Å²) < 4.78 is 0. The van der Waals surface area contributed by atoms with Gasteiger partial charge in [-0.2, -0.15) is 0 Å². The number of carbonyl (C=O) groups excluding carboxylic acids is 1. The van der Waals surface area contributed by atoms with Crippen molar-refractivity contribution in [2.45, 2.75) is 26.1 Å². The van der Waals surface area contributed by atoms with Gasteiger partial charge >= 0.3 is 0 Å². The average Bonchev–Trinajstić information content (AvgIpc) is 2.15. The first kappa shape index (κ1) is 10.9. The smallest absolute Gasteiger partial charge is 0.133 e. The van der Waals surface area contributed by atoms with E-state index in [1.165, 1.54) is 6.92 Å². The Kier molecular flexibility index (Phi) is 4.29. The van der Waals surface area contributed by atoms with Gasteiger partial charge in [0.25, 0.3) is 0 Å². The molecule has 2 N–H and O–H groups in total. The molecule has 0 amide bonds. The van der Waals surface area contributed by atoms with Crippen LogP contribution in [0.3, 0.4) is 0 Å². The molecule has 0 aliphatic heterocycles. The Morgan fingerprint density at radius 3 is 2.64 bits per heavy atom. The fourth-order valence-corrected chi connectivity index (χ4v) is 1.18. The van der Waals surface area contributed by atoms with E-state index in [2.05, 4.69) is 5.32 Å². The minimum absolute atomic E-state index is 0.0157. The Morgan fingerprint density at radius 1 is 1.43 bits per heavy atom. The predicted octanol–water partition coefficient (Wildman–Crippen LogP) is 1.07. The number of hydrogen-bond donors (Lipinski definition) is 2. The van der Waals surface area contributed by atoms with E-state index in [0.717, 1.165) is 5.56 Å². The maximum Gasteiger partial charge on any atom is 0.133 e. The Bertz CT molecular complexity index is 285. The van der Waals surface area contributed by atoms with Crippen molar-refractivity contribution in [1.82, 2.24) is 5.32 Å². The van der Waals surface area contributed by atoms with Gasteiger partial charge in [-0.3, -0.25) is 10.1 Å². The highest BCUT2D eigenvalue weighted by atomic mass is 16.3. The van der Waals surface area contributed by atoms with Crippen LogP contribution >= 0.6 is 0 Å². The van der Waals surface area contributed by atoms with E-state index in [-0.39, 0.29) is 12.2 Å². The standard InChI is InChI=1S/C11H15NO2/c1-9(13)7-11(14)12-8-10-5-3-2-4-6-10/h2-6,11-12,14H,7-8H2,1H3. The van der Waals surface area contributed by atoms with Crippen molar-refractivity contribution in [1.29, 1.82) is 0 Å². The van der Waals surface area contributed by atoms with Crippen molar-refractivity contribution in [2.24, 2.45) is 0 Å². The maximum absolute atomic E-state index is 10.7. The van der Waals surface area contributed by atoms with Crippen LogP contribution in [0.5, 0.6) is 0 Å². The average molecular weight is 193 g/mol. The van der Waals surface area contributed by atoms with E-state index in [9.17, 15) is 9.90 Å². The highest BCUT2D eigenvalue weighted by molar-refractivity contribution is 5.75. The number of Topliss-reactive ketones (excluding diaryl/α,β-unsaturated/α-hetero) is 1. The first-order valence-corrected chi connectivity index (χ1v) is 4.63. The van der Waals surface area contributed by atoms with Crippen LogP contribution in [-0.4, -0.2) is 17.1 Å². The largest absolute Gasteiger partial charge is 0.378 e. The van der Waals surface area contributed by atoms with Crippen molar-refractivity contribution in [3.05, 3.63) is 35.9 Å². The van der Waals surface area contributed by atoms with Crippen LogP contribution in [0.4, 0.5) is 0 Å². The van der Waals surface area contributed by atoms with Crippen LogP contribution in [-0.2, 0) is 11.3 Å². The summed E-state index contributed by atoms with van der Waals surface area (Å²) in [6.45, 7) is 2.04. The van der Waals surface area contributed by atoms with Gasteiger partial charge in [0.05, 0.1) is 0 Å². The molecule has 1 aromatic carbocycles. The summed E-state index contributed by atoms with van der Waals surface area (Å²) in [5.41, 5.74) is 1.09. The normalized spacial score (nSPS) is 12.4. The zero-order valence-corrected chi connectivity index (χ0v) is 8.23. The molecule has 1 unspecified atom stereocenters. The predicted molar refractivity (Wildman–Crippen MR) is 54.6 cm³/mol. The summed E-state index contributed by atoms with van der Waals surface area (Å²) >= 11 is 0. The molecule has 0 heterocycles. The lowest BCUT2D eigenvalue weighted by atomic mass is 10.2. The molecule has 0 spiro atoms. The Labute approximate surface area is 83.8 Å². The number of aliphatic hydroxyl groups excluding tert-OH is 1. The minimum Gasteiger partial charge on any atom is -0.378 e. The number of benzene rings is 1. The van der Waals surface area contributed by atoms with E-state index >= 15 is 0 Å². The second kappa shape index (κ2) is 5.52. The van der Waals surface area contributed by atoms with Crippen LogP contribution < -0.4 is 5.32 Å². The van der Waals surface area contributed by atoms with E-state index < -0.39 is 6.23 Å². The Morgan fingerprint density at radius 2 is 2.07 bits per heavy atom. The maximum atomic E-state index is 10.7. The van der Waals surface area contributed by atoms with E-state index in [1.54, 1.807) is 0 Å². The molecule has 0 aliphatic rings.